The first-order valence-electron chi connectivity index (χ1n) is 6.79. The number of nitro groups is 1. The number of nitro benzene ring substituents is 1. The summed E-state index contributed by atoms with van der Waals surface area (Å²) >= 11 is 0. The molecule has 0 fully saturated rings. The minimum atomic E-state index is -0.494. The van der Waals surface area contributed by atoms with E-state index in [0.29, 0.717) is 5.69 Å². The van der Waals surface area contributed by atoms with Crippen molar-refractivity contribution in [3.63, 3.8) is 0 Å². The average molecular weight is 303 g/mol. The van der Waals surface area contributed by atoms with Gasteiger partial charge in [-0.3, -0.25) is 20.2 Å². The highest BCUT2D eigenvalue weighted by atomic mass is 16.6. The maximum atomic E-state index is 11.9. The molecule has 1 aromatic heterocycles. The lowest BCUT2D eigenvalue weighted by molar-refractivity contribution is -0.384. The van der Waals surface area contributed by atoms with Gasteiger partial charge in [0.15, 0.2) is 0 Å². The first kappa shape index (κ1) is 15.7. The molecule has 0 saturated carbocycles. The van der Waals surface area contributed by atoms with Crippen LogP contribution in [0.15, 0.2) is 41.0 Å². The van der Waals surface area contributed by atoms with Gasteiger partial charge in [-0.05, 0) is 31.5 Å². The molecule has 0 radical (unpaired) electrons. The lowest BCUT2D eigenvalue weighted by atomic mass is 10.2. The van der Waals surface area contributed by atoms with Crippen LogP contribution in [-0.4, -0.2) is 17.4 Å². The molecule has 1 heterocycles. The Morgan fingerprint density at radius 2 is 2.18 bits per heavy atom. The summed E-state index contributed by atoms with van der Waals surface area (Å²) in [6, 6.07) is 7.85. The van der Waals surface area contributed by atoms with E-state index in [9.17, 15) is 14.9 Å². The van der Waals surface area contributed by atoms with Crippen LogP contribution in [0.25, 0.3) is 0 Å². The number of non-ortho nitro benzene ring substituents is 1. The largest absolute Gasteiger partial charge is 0.468 e. The Hall–Kier alpha value is -2.67. The van der Waals surface area contributed by atoms with Crippen molar-refractivity contribution in [1.29, 1.82) is 0 Å². The van der Waals surface area contributed by atoms with Crippen molar-refractivity contribution in [2.24, 2.45) is 0 Å². The maximum absolute atomic E-state index is 11.9. The van der Waals surface area contributed by atoms with Gasteiger partial charge in [0.25, 0.3) is 5.69 Å². The molecular formula is C15H17N3O4. The quantitative estimate of drug-likeness (QED) is 0.631. The minimum Gasteiger partial charge on any atom is -0.468 e. The van der Waals surface area contributed by atoms with Crippen molar-refractivity contribution in [3.05, 3.63) is 58.0 Å². The topological polar surface area (TPSA) is 97.4 Å². The van der Waals surface area contributed by atoms with Gasteiger partial charge in [-0.25, -0.2) is 0 Å². The standard InChI is InChI=1S/C15H17N3O4/c1-10-5-6-12(18(20)21)8-13(10)17-15(19)9-16-11(2)14-4-3-7-22-14/h3-8,11,16H,9H2,1-2H3,(H,17,19)/t11-/m1/s1. The highest BCUT2D eigenvalue weighted by molar-refractivity contribution is 5.93. The van der Waals surface area contributed by atoms with E-state index >= 15 is 0 Å². The van der Waals surface area contributed by atoms with E-state index in [-0.39, 0.29) is 24.2 Å². The molecule has 0 spiro atoms. The predicted octanol–water partition coefficient (Wildman–Crippen LogP) is 2.79. The van der Waals surface area contributed by atoms with Crippen LogP contribution in [0.5, 0.6) is 0 Å². The van der Waals surface area contributed by atoms with Gasteiger partial charge < -0.3 is 9.73 Å². The van der Waals surface area contributed by atoms with Crippen molar-refractivity contribution in [2.45, 2.75) is 19.9 Å². The van der Waals surface area contributed by atoms with Crippen LogP contribution < -0.4 is 10.6 Å². The highest BCUT2D eigenvalue weighted by Gasteiger charge is 2.13. The van der Waals surface area contributed by atoms with E-state index in [1.165, 1.54) is 12.1 Å². The molecule has 0 aliphatic carbocycles. The first-order valence-corrected chi connectivity index (χ1v) is 6.79. The molecule has 0 aliphatic heterocycles. The van der Waals surface area contributed by atoms with Crippen molar-refractivity contribution in [3.8, 4) is 0 Å². The van der Waals surface area contributed by atoms with Crippen molar-refractivity contribution < 1.29 is 14.1 Å². The normalized spacial score (nSPS) is 11.9. The summed E-state index contributed by atoms with van der Waals surface area (Å²) in [6.45, 7) is 3.73. The second-order valence-corrected chi connectivity index (χ2v) is 4.92. The lowest BCUT2D eigenvalue weighted by Gasteiger charge is -2.12. The maximum Gasteiger partial charge on any atom is 0.271 e. The van der Waals surface area contributed by atoms with E-state index in [1.54, 1.807) is 25.3 Å². The number of hydrogen-bond donors (Lipinski definition) is 2. The van der Waals surface area contributed by atoms with E-state index in [1.807, 2.05) is 13.0 Å². The van der Waals surface area contributed by atoms with Crippen LogP contribution >= 0.6 is 0 Å². The molecule has 2 N–H and O–H groups in total. The zero-order valence-electron chi connectivity index (χ0n) is 12.3. The van der Waals surface area contributed by atoms with E-state index < -0.39 is 4.92 Å². The van der Waals surface area contributed by atoms with Gasteiger partial charge >= 0.3 is 0 Å². The first-order chi connectivity index (χ1) is 10.5. The average Bonchev–Trinajstić information content (AvgIpc) is 3.01. The third-order valence-electron chi connectivity index (χ3n) is 3.24. The number of furan rings is 1. The zero-order valence-corrected chi connectivity index (χ0v) is 12.3. The Bertz CT molecular complexity index is 667. The van der Waals surface area contributed by atoms with Crippen LogP contribution in [0, 0.1) is 17.0 Å². The SMILES string of the molecule is Cc1ccc([N+](=O)[O-])cc1NC(=O)CN[C@H](C)c1ccco1. The molecule has 116 valence electrons. The molecule has 0 bridgehead atoms. The van der Waals surface area contributed by atoms with Crippen LogP contribution in [-0.2, 0) is 4.79 Å². The molecule has 0 unspecified atom stereocenters. The van der Waals surface area contributed by atoms with E-state index in [2.05, 4.69) is 10.6 Å². The summed E-state index contributed by atoms with van der Waals surface area (Å²) in [4.78, 5) is 22.2. The summed E-state index contributed by atoms with van der Waals surface area (Å²) in [5, 5.41) is 16.5. The molecule has 0 aliphatic rings. The second kappa shape index (κ2) is 6.86. The van der Waals surface area contributed by atoms with Gasteiger partial charge in [0.1, 0.15) is 5.76 Å². The fourth-order valence-electron chi connectivity index (χ4n) is 1.94. The van der Waals surface area contributed by atoms with Crippen LogP contribution in [0.2, 0.25) is 0 Å². The Balaban J connectivity index is 1.94. The Morgan fingerprint density at radius 3 is 2.82 bits per heavy atom. The molecule has 1 atom stereocenters. The molecular weight excluding hydrogens is 286 g/mol. The summed E-state index contributed by atoms with van der Waals surface area (Å²) in [5.74, 6) is 0.460. The monoisotopic (exact) mass is 303 g/mol. The fourth-order valence-corrected chi connectivity index (χ4v) is 1.94. The lowest BCUT2D eigenvalue weighted by Crippen LogP contribution is -2.30. The van der Waals surface area contributed by atoms with Crippen LogP contribution in [0.4, 0.5) is 11.4 Å². The van der Waals surface area contributed by atoms with E-state index in [4.69, 9.17) is 4.42 Å². The second-order valence-electron chi connectivity index (χ2n) is 4.92. The smallest absolute Gasteiger partial charge is 0.271 e. The summed E-state index contributed by atoms with van der Waals surface area (Å²) in [7, 11) is 0. The molecule has 22 heavy (non-hydrogen) atoms. The third-order valence-corrected chi connectivity index (χ3v) is 3.24. The van der Waals surface area contributed by atoms with Crippen molar-refractivity contribution in [1.82, 2.24) is 5.32 Å². The van der Waals surface area contributed by atoms with Gasteiger partial charge in [0.05, 0.1) is 29.5 Å². The number of nitrogens with zero attached hydrogens (tertiary/aromatic N) is 1. The van der Waals surface area contributed by atoms with Gasteiger partial charge in [0.2, 0.25) is 5.91 Å². The number of anilines is 1. The van der Waals surface area contributed by atoms with Crippen molar-refractivity contribution >= 4 is 17.3 Å². The molecule has 1 aromatic carbocycles. The molecule has 0 saturated heterocycles. The molecule has 2 rings (SSSR count). The predicted molar refractivity (Wildman–Crippen MR) is 81.6 cm³/mol. The van der Waals surface area contributed by atoms with Crippen LogP contribution in [0.1, 0.15) is 24.3 Å². The number of carbonyl (C=O) groups excluding carboxylic acids is 1. The Labute approximate surface area is 127 Å². The molecule has 7 nitrogen and oxygen atoms in total. The molecule has 1 amide bonds. The summed E-state index contributed by atoms with van der Waals surface area (Å²) in [6.07, 6.45) is 1.57. The number of rotatable bonds is 6. The number of hydrogen-bond acceptors (Lipinski definition) is 5. The van der Waals surface area contributed by atoms with Gasteiger partial charge in [-0.2, -0.15) is 0 Å². The molecule has 2 aromatic rings. The van der Waals surface area contributed by atoms with Crippen LogP contribution in [0.3, 0.4) is 0 Å². The summed E-state index contributed by atoms with van der Waals surface area (Å²) < 4.78 is 5.24. The number of nitrogens with one attached hydrogen (secondary N) is 2. The van der Waals surface area contributed by atoms with E-state index in [0.717, 1.165) is 11.3 Å². The number of benzene rings is 1. The Morgan fingerprint density at radius 1 is 1.41 bits per heavy atom. The van der Waals surface area contributed by atoms with Crippen molar-refractivity contribution in [2.75, 3.05) is 11.9 Å². The van der Waals surface area contributed by atoms with Gasteiger partial charge in [-0.15, -0.1) is 0 Å². The summed E-state index contributed by atoms with van der Waals surface area (Å²) in [5.41, 5.74) is 1.14. The van der Waals surface area contributed by atoms with Gasteiger partial charge in [-0.1, -0.05) is 6.07 Å². The number of carbonyl (C=O) groups is 1. The van der Waals surface area contributed by atoms with Gasteiger partial charge in [0, 0.05) is 12.1 Å². The number of amides is 1. The third kappa shape index (κ3) is 3.92. The zero-order chi connectivity index (χ0) is 16.1. The fraction of sp³-hybridized carbons (Fsp3) is 0.267. The minimum absolute atomic E-state index is 0.0576. The Kier molecular flexibility index (Phi) is 4.90. The highest BCUT2D eigenvalue weighted by Crippen LogP contribution is 2.21. The molecule has 7 heteroatoms. The number of aryl methyl sites for hydroxylation is 1.